The topological polar surface area (TPSA) is 72.9 Å². The van der Waals surface area contributed by atoms with E-state index in [0.29, 0.717) is 6.54 Å². The van der Waals surface area contributed by atoms with Gasteiger partial charge < -0.3 is 11.1 Å². The van der Waals surface area contributed by atoms with Gasteiger partial charge in [0.05, 0.1) is 12.7 Å². The van der Waals surface area contributed by atoms with Crippen LogP contribution in [0.25, 0.3) is 0 Å². The van der Waals surface area contributed by atoms with Crippen molar-refractivity contribution in [3.63, 3.8) is 0 Å². The Hall–Kier alpha value is -2.14. The highest BCUT2D eigenvalue weighted by molar-refractivity contribution is 5.78. The van der Waals surface area contributed by atoms with Crippen LogP contribution in [0.2, 0.25) is 0 Å². The number of rotatable bonds is 5. The molecule has 0 saturated heterocycles. The number of amides is 1. The largest absolute Gasteiger partial charge is 0.352 e. The van der Waals surface area contributed by atoms with E-state index in [-0.39, 0.29) is 17.9 Å². The van der Waals surface area contributed by atoms with Gasteiger partial charge in [0.1, 0.15) is 0 Å². The van der Waals surface area contributed by atoms with Gasteiger partial charge in [0.2, 0.25) is 5.91 Å². The van der Waals surface area contributed by atoms with Gasteiger partial charge in [-0.1, -0.05) is 36.8 Å². The lowest BCUT2D eigenvalue weighted by Crippen LogP contribution is -2.37. The standard InChI is InChI=1S/C18H24N4O/c19-17-8-4-7-16(9-17)18(23)20-10-15-11-21-22(13-15)12-14-5-2-1-3-6-14/h1-3,5-6,11,13,16-17H,4,7-10,12,19H2,(H,20,23). The number of benzene rings is 1. The molecule has 122 valence electrons. The van der Waals surface area contributed by atoms with Crippen LogP contribution in [0.3, 0.4) is 0 Å². The summed E-state index contributed by atoms with van der Waals surface area (Å²) in [6, 6.07) is 10.4. The number of aromatic nitrogens is 2. The second kappa shape index (κ2) is 7.42. The van der Waals surface area contributed by atoms with Crippen molar-refractivity contribution in [3.05, 3.63) is 53.9 Å². The number of nitrogens with zero attached hydrogens (tertiary/aromatic N) is 2. The van der Waals surface area contributed by atoms with E-state index >= 15 is 0 Å². The summed E-state index contributed by atoms with van der Waals surface area (Å²) in [6.07, 6.45) is 7.64. The normalized spacial score (nSPS) is 21.1. The fraction of sp³-hybridized carbons (Fsp3) is 0.444. The van der Waals surface area contributed by atoms with Crippen LogP contribution in [-0.4, -0.2) is 21.7 Å². The molecular weight excluding hydrogens is 288 g/mol. The van der Waals surface area contributed by atoms with Gasteiger partial charge in [-0.3, -0.25) is 9.48 Å². The van der Waals surface area contributed by atoms with E-state index in [1.807, 2.05) is 35.3 Å². The molecule has 1 saturated carbocycles. The number of hydrogen-bond donors (Lipinski definition) is 2. The van der Waals surface area contributed by atoms with Gasteiger partial charge in [-0.05, 0) is 24.8 Å². The molecule has 5 nitrogen and oxygen atoms in total. The third kappa shape index (κ3) is 4.42. The average Bonchev–Trinajstić information content (AvgIpc) is 3.01. The van der Waals surface area contributed by atoms with Crippen LogP contribution >= 0.6 is 0 Å². The van der Waals surface area contributed by atoms with Crippen LogP contribution in [-0.2, 0) is 17.9 Å². The van der Waals surface area contributed by atoms with E-state index in [9.17, 15) is 4.79 Å². The van der Waals surface area contributed by atoms with Gasteiger partial charge >= 0.3 is 0 Å². The molecule has 2 atom stereocenters. The molecule has 3 rings (SSSR count). The summed E-state index contributed by atoms with van der Waals surface area (Å²) >= 11 is 0. The van der Waals surface area contributed by atoms with Crippen molar-refractivity contribution in [2.24, 2.45) is 11.7 Å². The van der Waals surface area contributed by atoms with Crippen molar-refractivity contribution in [2.45, 2.75) is 44.8 Å². The first-order valence-electron chi connectivity index (χ1n) is 8.29. The summed E-state index contributed by atoms with van der Waals surface area (Å²) in [5.74, 6) is 0.189. The number of carbonyl (C=O) groups excluding carboxylic acids is 1. The lowest BCUT2D eigenvalue weighted by Gasteiger charge is -2.25. The van der Waals surface area contributed by atoms with Gasteiger partial charge in [-0.25, -0.2) is 0 Å². The van der Waals surface area contributed by atoms with Crippen LogP contribution in [0, 0.1) is 5.92 Å². The van der Waals surface area contributed by atoms with Gasteiger partial charge in [-0.15, -0.1) is 0 Å². The third-order valence-electron chi connectivity index (χ3n) is 4.43. The van der Waals surface area contributed by atoms with Crippen LogP contribution in [0.15, 0.2) is 42.7 Å². The molecule has 0 radical (unpaired) electrons. The van der Waals surface area contributed by atoms with Gasteiger partial charge in [-0.2, -0.15) is 5.10 Å². The number of nitrogens with two attached hydrogens (primary N) is 1. The molecule has 1 amide bonds. The van der Waals surface area contributed by atoms with Crippen molar-refractivity contribution in [1.29, 1.82) is 0 Å². The Bertz CT molecular complexity index is 637. The summed E-state index contributed by atoms with van der Waals surface area (Å²) < 4.78 is 1.90. The molecule has 5 heteroatoms. The molecule has 1 aromatic heterocycles. The van der Waals surface area contributed by atoms with Gasteiger partial charge in [0, 0.05) is 30.3 Å². The summed E-state index contributed by atoms with van der Waals surface area (Å²) in [5, 5.41) is 7.38. The molecule has 1 aliphatic carbocycles. The number of nitrogens with one attached hydrogen (secondary N) is 1. The molecule has 3 N–H and O–H groups in total. The van der Waals surface area contributed by atoms with E-state index in [0.717, 1.165) is 37.8 Å². The molecular formula is C18H24N4O. The molecule has 0 spiro atoms. The van der Waals surface area contributed by atoms with Crippen molar-refractivity contribution in [3.8, 4) is 0 Å². The van der Waals surface area contributed by atoms with Crippen molar-refractivity contribution < 1.29 is 4.79 Å². The van der Waals surface area contributed by atoms with E-state index in [2.05, 4.69) is 22.5 Å². The minimum atomic E-state index is 0.0677. The summed E-state index contributed by atoms with van der Waals surface area (Å²) in [6.45, 7) is 1.27. The number of hydrogen-bond acceptors (Lipinski definition) is 3. The molecule has 1 heterocycles. The van der Waals surface area contributed by atoms with Crippen LogP contribution in [0.5, 0.6) is 0 Å². The lowest BCUT2D eigenvalue weighted by atomic mass is 9.85. The molecule has 23 heavy (non-hydrogen) atoms. The second-order valence-corrected chi connectivity index (χ2v) is 6.37. The molecule has 2 unspecified atom stereocenters. The minimum absolute atomic E-state index is 0.0677. The minimum Gasteiger partial charge on any atom is -0.352 e. The molecule has 0 bridgehead atoms. The average molecular weight is 312 g/mol. The Balaban J connectivity index is 1.50. The second-order valence-electron chi connectivity index (χ2n) is 6.37. The molecule has 1 fully saturated rings. The van der Waals surface area contributed by atoms with Gasteiger partial charge in [0.15, 0.2) is 0 Å². The van der Waals surface area contributed by atoms with Gasteiger partial charge in [0.25, 0.3) is 0 Å². The predicted molar refractivity (Wildman–Crippen MR) is 89.6 cm³/mol. The highest BCUT2D eigenvalue weighted by Gasteiger charge is 2.24. The zero-order valence-electron chi connectivity index (χ0n) is 13.3. The maximum Gasteiger partial charge on any atom is 0.223 e. The van der Waals surface area contributed by atoms with E-state index < -0.39 is 0 Å². The Kier molecular flexibility index (Phi) is 5.08. The first-order chi connectivity index (χ1) is 11.2. The first kappa shape index (κ1) is 15.7. The van der Waals surface area contributed by atoms with Crippen LogP contribution < -0.4 is 11.1 Å². The Labute approximate surface area is 136 Å². The Morgan fingerprint density at radius 1 is 1.26 bits per heavy atom. The smallest absolute Gasteiger partial charge is 0.223 e. The van der Waals surface area contributed by atoms with E-state index in [1.165, 1.54) is 5.56 Å². The summed E-state index contributed by atoms with van der Waals surface area (Å²) in [4.78, 5) is 12.2. The Morgan fingerprint density at radius 3 is 2.87 bits per heavy atom. The highest BCUT2D eigenvalue weighted by Crippen LogP contribution is 2.23. The van der Waals surface area contributed by atoms with Crippen LogP contribution in [0.4, 0.5) is 0 Å². The zero-order chi connectivity index (χ0) is 16.1. The van der Waals surface area contributed by atoms with Crippen molar-refractivity contribution in [2.75, 3.05) is 0 Å². The fourth-order valence-electron chi connectivity index (χ4n) is 3.15. The first-order valence-corrected chi connectivity index (χ1v) is 8.29. The fourth-order valence-corrected chi connectivity index (χ4v) is 3.15. The number of carbonyl (C=O) groups is 1. The quantitative estimate of drug-likeness (QED) is 0.887. The Morgan fingerprint density at radius 2 is 2.09 bits per heavy atom. The molecule has 1 aliphatic rings. The summed E-state index contributed by atoms with van der Waals surface area (Å²) in [7, 11) is 0. The molecule has 1 aromatic carbocycles. The maximum absolute atomic E-state index is 12.2. The molecule has 2 aromatic rings. The monoisotopic (exact) mass is 312 g/mol. The SMILES string of the molecule is NC1CCCC(C(=O)NCc2cnn(Cc3ccccc3)c2)C1. The lowest BCUT2D eigenvalue weighted by molar-refractivity contribution is -0.126. The highest BCUT2D eigenvalue weighted by atomic mass is 16.1. The van der Waals surface area contributed by atoms with Crippen molar-refractivity contribution in [1.82, 2.24) is 15.1 Å². The maximum atomic E-state index is 12.2. The predicted octanol–water partition coefficient (Wildman–Crippen LogP) is 2.07. The summed E-state index contributed by atoms with van der Waals surface area (Å²) in [5.41, 5.74) is 8.19. The molecule has 0 aliphatic heterocycles. The zero-order valence-corrected chi connectivity index (χ0v) is 13.3. The van der Waals surface area contributed by atoms with Crippen LogP contribution in [0.1, 0.15) is 36.8 Å². The third-order valence-corrected chi connectivity index (χ3v) is 4.43. The van der Waals surface area contributed by atoms with E-state index in [4.69, 9.17) is 5.73 Å². The van der Waals surface area contributed by atoms with Crippen molar-refractivity contribution >= 4 is 5.91 Å². The van der Waals surface area contributed by atoms with E-state index in [1.54, 1.807) is 0 Å².